The molecule has 0 saturated heterocycles. The Morgan fingerprint density at radius 3 is 2.96 bits per heavy atom. The monoisotopic (exact) mass is 408 g/mol. The first-order valence-electron chi connectivity index (χ1n) is 7.59. The molecule has 0 saturated carbocycles. The summed E-state index contributed by atoms with van der Waals surface area (Å²) in [6.07, 6.45) is 2.40. The molecule has 6 heteroatoms. The average Bonchev–Trinajstić information content (AvgIpc) is 2.90. The zero-order valence-corrected chi connectivity index (χ0v) is 15.4. The van der Waals surface area contributed by atoms with Gasteiger partial charge in [0, 0.05) is 30.3 Å². The van der Waals surface area contributed by atoms with Crippen LogP contribution in [0.3, 0.4) is 0 Å². The van der Waals surface area contributed by atoms with Crippen LogP contribution in [0.2, 0.25) is 5.02 Å². The molecular formula is C18H15BrClFN2O. The fourth-order valence-electron chi connectivity index (χ4n) is 2.75. The van der Waals surface area contributed by atoms with Gasteiger partial charge in [-0.25, -0.2) is 4.39 Å². The van der Waals surface area contributed by atoms with E-state index in [9.17, 15) is 9.18 Å². The molecule has 0 spiro atoms. The largest absolute Gasteiger partial charge is 0.299 e. The minimum absolute atomic E-state index is 0.0255. The number of aliphatic imine (C=N–C) groups is 1. The molecule has 0 aliphatic carbocycles. The molecule has 2 heterocycles. The molecule has 0 N–H and O–H groups in total. The van der Waals surface area contributed by atoms with Crippen molar-refractivity contribution >= 4 is 37.9 Å². The lowest BCUT2D eigenvalue weighted by Gasteiger charge is -2.12. The summed E-state index contributed by atoms with van der Waals surface area (Å²) in [6.45, 7) is 2.55. The van der Waals surface area contributed by atoms with Crippen LogP contribution in [0.25, 0.3) is 0 Å². The number of benzene rings is 1. The van der Waals surface area contributed by atoms with Gasteiger partial charge in [-0.15, -0.1) is 0 Å². The summed E-state index contributed by atoms with van der Waals surface area (Å²) in [7, 11) is 0. The molecule has 0 unspecified atom stereocenters. The molecular weight excluding hydrogens is 395 g/mol. The molecule has 3 rings (SSSR count). The van der Waals surface area contributed by atoms with Gasteiger partial charge in [0.15, 0.2) is 0 Å². The van der Waals surface area contributed by atoms with Gasteiger partial charge in [-0.3, -0.25) is 14.8 Å². The average molecular weight is 410 g/mol. The van der Waals surface area contributed by atoms with Crippen LogP contribution in [-0.4, -0.2) is 15.4 Å². The van der Waals surface area contributed by atoms with Crippen molar-refractivity contribution in [3.63, 3.8) is 0 Å². The third kappa shape index (κ3) is 3.73. The maximum absolute atomic E-state index is 13.2. The second kappa shape index (κ2) is 7.11. The number of nitrogens with zero attached hydrogens (tertiary/aromatic N) is 2. The van der Waals surface area contributed by atoms with Crippen molar-refractivity contribution in [2.24, 2.45) is 4.99 Å². The zero-order chi connectivity index (χ0) is 17.3. The Morgan fingerprint density at radius 2 is 2.21 bits per heavy atom. The van der Waals surface area contributed by atoms with Crippen LogP contribution in [0.15, 0.2) is 35.5 Å². The molecule has 1 aromatic carbocycles. The van der Waals surface area contributed by atoms with Crippen LogP contribution in [-0.2, 0) is 17.8 Å². The van der Waals surface area contributed by atoms with Crippen molar-refractivity contribution < 1.29 is 9.18 Å². The van der Waals surface area contributed by atoms with E-state index in [2.05, 4.69) is 25.9 Å². The SMILES string of the molecule is C[C@@H](CC(=O)Cc1cc2c(cn1)C(Br)=NC2)c1ccc(F)c(Cl)c1. The predicted octanol–water partition coefficient (Wildman–Crippen LogP) is 4.83. The van der Waals surface area contributed by atoms with Crippen molar-refractivity contribution in [3.8, 4) is 0 Å². The number of hydrogen-bond donors (Lipinski definition) is 0. The number of pyridine rings is 1. The Hall–Kier alpha value is -1.59. The quantitative estimate of drug-likeness (QED) is 0.709. The van der Waals surface area contributed by atoms with Crippen LogP contribution >= 0.6 is 27.5 Å². The van der Waals surface area contributed by atoms with Crippen molar-refractivity contribution in [1.82, 2.24) is 4.98 Å². The van der Waals surface area contributed by atoms with E-state index in [4.69, 9.17) is 11.6 Å². The van der Waals surface area contributed by atoms with Gasteiger partial charge in [0.2, 0.25) is 0 Å². The third-order valence-electron chi connectivity index (χ3n) is 4.08. The van der Waals surface area contributed by atoms with E-state index in [1.807, 2.05) is 13.0 Å². The number of Topliss-reactive ketones (excluding diaryl/α,β-unsaturated/α-hetero) is 1. The van der Waals surface area contributed by atoms with E-state index < -0.39 is 5.82 Å². The van der Waals surface area contributed by atoms with Gasteiger partial charge in [0.25, 0.3) is 0 Å². The Morgan fingerprint density at radius 1 is 1.42 bits per heavy atom. The maximum Gasteiger partial charge on any atom is 0.141 e. The van der Waals surface area contributed by atoms with Gasteiger partial charge < -0.3 is 0 Å². The summed E-state index contributed by atoms with van der Waals surface area (Å²) in [6, 6.07) is 6.52. The molecule has 0 fully saturated rings. The van der Waals surface area contributed by atoms with Gasteiger partial charge in [0.05, 0.1) is 11.6 Å². The van der Waals surface area contributed by atoms with Crippen LogP contribution in [0, 0.1) is 5.82 Å². The van der Waals surface area contributed by atoms with Crippen LogP contribution in [0.4, 0.5) is 4.39 Å². The van der Waals surface area contributed by atoms with Gasteiger partial charge in [-0.1, -0.05) is 24.6 Å². The first kappa shape index (κ1) is 17.2. The molecule has 3 nitrogen and oxygen atoms in total. The molecule has 1 atom stereocenters. The summed E-state index contributed by atoms with van der Waals surface area (Å²) >= 11 is 9.19. The Labute approximate surface area is 153 Å². The van der Waals surface area contributed by atoms with E-state index >= 15 is 0 Å². The van der Waals surface area contributed by atoms with E-state index in [-0.39, 0.29) is 23.1 Å². The Kier molecular flexibility index (Phi) is 5.11. The number of aromatic nitrogens is 1. The molecule has 0 amide bonds. The summed E-state index contributed by atoms with van der Waals surface area (Å²) in [5.41, 5.74) is 3.67. The normalized spacial score (nSPS) is 14.2. The highest BCUT2D eigenvalue weighted by atomic mass is 79.9. The van der Waals surface area contributed by atoms with Gasteiger partial charge in [0.1, 0.15) is 16.2 Å². The number of halogens is 3. The molecule has 124 valence electrons. The number of carbonyl (C=O) groups is 1. The maximum atomic E-state index is 13.2. The van der Waals surface area contributed by atoms with Crippen LogP contribution in [0.1, 0.15) is 41.6 Å². The molecule has 2 aromatic rings. The van der Waals surface area contributed by atoms with Crippen molar-refractivity contribution in [2.75, 3.05) is 0 Å². The first-order chi connectivity index (χ1) is 11.4. The van der Waals surface area contributed by atoms with E-state index in [1.165, 1.54) is 6.07 Å². The highest BCUT2D eigenvalue weighted by Crippen LogP contribution is 2.26. The highest BCUT2D eigenvalue weighted by Gasteiger charge is 2.17. The van der Waals surface area contributed by atoms with Crippen molar-refractivity contribution in [2.45, 2.75) is 32.2 Å². The van der Waals surface area contributed by atoms with Crippen molar-refractivity contribution in [1.29, 1.82) is 0 Å². The van der Waals surface area contributed by atoms with Crippen LogP contribution in [0.5, 0.6) is 0 Å². The molecule has 1 aliphatic rings. The van der Waals surface area contributed by atoms with Gasteiger partial charge in [-0.2, -0.15) is 0 Å². The zero-order valence-electron chi connectivity index (χ0n) is 13.0. The summed E-state index contributed by atoms with van der Waals surface area (Å²) in [5, 5.41) is 0.0812. The minimum atomic E-state index is -0.449. The summed E-state index contributed by atoms with van der Waals surface area (Å²) in [4.78, 5) is 21.0. The van der Waals surface area contributed by atoms with Gasteiger partial charge in [-0.05, 0) is 51.2 Å². The van der Waals surface area contributed by atoms with E-state index in [0.29, 0.717) is 13.0 Å². The predicted molar refractivity (Wildman–Crippen MR) is 96.6 cm³/mol. The standard InChI is InChI=1S/C18H15BrClFN2O/c1-10(11-2-3-17(21)16(20)6-11)4-14(24)7-13-5-12-8-23-18(19)15(12)9-22-13/h2-3,5-6,9-10H,4,7-8H2,1H3/t10-/m0/s1. The smallest absolute Gasteiger partial charge is 0.141 e. The number of ketones is 1. The molecule has 1 aliphatic heterocycles. The lowest BCUT2D eigenvalue weighted by molar-refractivity contribution is -0.118. The second-order valence-electron chi connectivity index (χ2n) is 5.93. The lowest BCUT2D eigenvalue weighted by Crippen LogP contribution is -2.09. The number of fused-ring (bicyclic) bond motifs is 1. The molecule has 0 radical (unpaired) electrons. The Bertz CT molecular complexity index is 838. The van der Waals surface area contributed by atoms with E-state index in [1.54, 1.807) is 18.3 Å². The number of carbonyl (C=O) groups excluding carboxylic acids is 1. The first-order valence-corrected chi connectivity index (χ1v) is 8.76. The van der Waals surface area contributed by atoms with Crippen LogP contribution < -0.4 is 0 Å². The summed E-state index contributed by atoms with van der Waals surface area (Å²) < 4.78 is 14.0. The third-order valence-corrected chi connectivity index (χ3v) is 5.05. The number of rotatable bonds is 5. The fraction of sp³-hybridized carbons (Fsp3) is 0.278. The molecule has 1 aromatic heterocycles. The minimum Gasteiger partial charge on any atom is -0.299 e. The lowest BCUT2D eigenvalue weighted by atomic mass is 9.94. The second-order valence-corrected chi connectivity index (χ2v) is 7.09. The van der Waals surface area contributed by atoms with Crippen molar-refractivity contribution in [3.05, 3.63) is 63.7 Å². The Balaban J connectivity index is 1.64. The van der Waals surface area contributed by atoms with E-state index in [0.717, 1.165) is 27.0 Å². The van der Waals surface area contributed by atoms with Gasteiger partial charge >= 0.3 is 0 Å². The summed E-state index contributed by atoms with van der Waals surface area (Å²) in [5.74, 6) is -0.384. The fourth-order valence-corrected chi connectivity index (χ4v) is 3.42. The highest BCUT2D eigenvalue weighted by molar-refractivity contribution is 9.18. The molecule has 24 heavy (non-hydrogen) atoms. The number of hydrogen-bond acceptors (Lipinski definition) is 3. The topological polar surface area (TPSA) is 42.3 Å². The molecule has 0 bridgehead atoms.